The second kappa shape index (κ2) is 4.00. The molecule has 1 heterocycles. The number of nitrogens with zero attached hydrogens (tertiary/aromatic N) is 1. The molecule has 13 heavy (non-hydrogen) atoms. The van der Waals surface area contributed by atoms with E-state index in [1.807, 2.05) is 0 Å². The molecule has 0 amide bonds. The van der Waals surface area contributed by atoms with Crippen LogP contribution in [0.25, 0.3) is 0 Å². The Labute approximate surface area is 82.5 Å². The third-order valence-electron chi connectivity index (χ3n) is 3.85. The molecule has 2 aliphatic rings. The molecule has 1 aliphatic carbocycles. The van der Waals surface area contributed by atoms with Crippen molar-refractivity contribution < 1.29 is 0 Å². The quantitative estimate of drug-likeness (QED) is 0.589. The maximum absolute atomic E-state index is 2.78. The average Bonchev–Trinajstić information content (AvgIpc) is 2.74. The topological polar surface area (TPSA) is 3.24 Å². The van der Waals surface area contributed by atoms with Crippen molar-refractivity contribution in [3.05, 3.63) is 0 Å². The second-order valence-corrected chi connectivity index (χ2v) is 4.88. The lowest BCUT2D eigenvalue weighted by Crippen LogP contribution is -2.34. The molecule has 0 aromatic rings. The average molecular weight is 181 g/mol. The Balaban J connectivity index is 1.75. The molecule has 0 radical (unpaired) electrons. The van der Waals surface area contributed by atoms with Gasteiger partial charge in [-0.05, 0) is 45.2 Å². The predicted molar refractivity (Wildman–Crippen MR) is 56.9 cm³/mol. The van der Waals surface area contributed by atoms with E-state index in [1.54, 1.807) is 0 Å². The van der Waals surface area contributed by atoms with Crippen LogP contribution in [0, 0.1) is 0 Å². The van der Waals surface area contributed by atoms with Crippen molar-refractivity contribution >= 4 is 0 Å². The van der Waals surface area contributed by atoms with E-state index in [0.717, 1.165) is 0 Å². The van der Waals surface area contributed by atoms with Gasteiger partial charge in [0.2, 0.25) is 0 Å². The highest BCUT2D eigenvalue weighted by Crippen LogP contribution is 2.47. The minimum Gasteiger partial charge on any atom is -0.298 e. The summed E-state index contributed by atoms with van der Waals surface area (Å²) >= 11 is 0. The fourth-order valence-electron chi connectivity index (χ4n) is 2.76. The zero-order valence-electron chi connectivity index (χ0n) is 9.02. The molecule has 1 heteroatoms. The molecule has 76 valence electrons. The minimum atomic E-state index is 0.714. The second-order valence-electron chi connectivity index (χ2n) is 4.88. The van der Waals surface area contributed by atoms with Gasteiger partial charge in [-0.2, -0.15) is 0 Å². The van der Waals surface area contributed by atoms with Crippen molar-refractivity contribution in [2.75, 3.05) is 13.1 Å². The first-order chi connectivity index (χ1) is 6.37. The van der Waals surface area contributed by atoms with Gasteiger partial charge in [0.05, 0.1) is 0 Å². The molecule has 0 aromatic carbocycles. The first-order valence-corrected chi connectivity index (χ1v) is 6.12. The lowest BCUT2D eigenvalue weighted by molar-refractivity contribution is 0.204. The minimum absolute atomic E-state index is 0.714. The maximum Gasteiger partial charge on any atom is 0.0211 e. The summed E-state index contributed by atoms with van der Waals surface area (Å²) in [6.45, 7) is 5.09. The van der Waals surface area contributed by atoms with Gasteiger partial charge in [-0.25, -0.2) is 0 Å². The van der Waals surface area contributed by atoms with E-state index in [2.05, 4.69) is 11.8 Å². The molecular weight excluding hydrogens is 158 g/mol. The van der Waals surface area contributed by atoms with Crippen LogP contribution in [0.4, 0.5) is 0 Å². The Kier molecular flexibility index (Phi) is 2.92. The van der Waals surface area contributed by atoms with Crippen LogP contribution in [0.5, 0.6) is 0 Å². The van der Waals surface area contributed by atoms with Gasteiger partial charge in [0.1, 0.15) is 0 Å². The van der Waals surface area contributed by atoms with Crippen LogP contribution in [0.1, 0.15) is 58.3 Å². The van der Waals surface area contributed by atoms with E-state index in [9.17, 15) is 0 Å². The lowest BCUT2D eigenvalue weighted by Gasteiger charge is -2.27. The van der Waals surface area contributed by atoms with Crippen molar-refractivity contribution in [1.29, 1.82) is 0 Å². The zero-order chi connectivity index (χ0) is 9.15. The van der Waals surface area contributed by atoms with Crippen LogP contribution in [0.15, 0.2) is 0 Å². The van der Waals surface area contributed by atoms with E-state index < -0.39 is 0 Å². The Morgan fingerprint density at radius 2 is 1.77 bits per heavy atom. The summed E-state index contributed by atoms with van der Waals surface area (Å²) < 4.78 is 0. The van der Waals surface area contributed by atoms with Crippen molar-refractivity contribution in [3.63, 3.8) is 0 Å². The Hall–Kier alpha value is -0.0400. The fraction of sp³-hybridized carbons (Fsp3) is 1.00. The zero-order valence-corrected chi connectivity index (χ0v) is 9.02. The standard InChI is InChI=1S/C12H23N/c1-2-3-4-7-12(8-9-12)13-10-5-6-11-13/h2-11H2,1H3. The summed E-state index contributed by atoms with van der Waals surface area (Å²) in [7, 11) is 0. The number of unbranched alkanes of at least 4 members (excludes halogenated alkanes) is 2. The van der Waals surface area contributed by atoms with E-state index >= 15 is 0 Å². The van der Waals surface area contributed by atoms with E-state index in [0.29, 0.717) is 5.54 Å². The molecular formula is C12H23N. The fourth-order valence-corrected chi connectivity index (χ4v) is 2.76. The summed E-state index contributed by atoms with van der Waals surface area (Å²) in [5.41, 5.74) is 0.714. The monoisotopic (exact) mass is 181 g/mol. The normalized spacial score (nSPS) is 26.5. The summed E-state index contributed by atoms with van der Waals surface area (Å²) in [6.07, 6.45) is 11.7. The highest BCUT2D eigenvalue weighted by Gasteiger charge is 2.47. The lowest BCUT2D eigenvalue weighted by atomic mass is 10.1. The molecule has 0 N–H and O–H groups in total. The molecule has 0 bridgehead atoms. The molecule has 1 nitrogen and oxygen atoms in total. The van der Waals surface area contributed by atoms with Gasteiger partial charge in [-0.1, -0.05) is 26.2 Å². The predicted octanol–water partition coefficient (Wildman–Crippen LogP) is 3.20. The third kappa shape index (κ3) is 2.07. The van der Waals surface area contributed by atoms with Gasteiger partial charge >= 0.3 is 0 Å². The molecule has 0 unspecified atom stereocenters. The number of hydrogen-bond donors (Lipinski definition) is 0. The molecule has 0 aromatic heterocycles. The van der Waals surface area contributed by atoms with Crippen molar-refractivity contribution in [1.82, 2.24) is 4.90 Å². The Morgan fingerprint density at radius 3 is 2.31 bits per heavy atom. The summed E-state index contributed by atoms with van der Waals surface area (Å²) in [5, 5.41) is 0. The molecule has 1 saturated carbocycles. The van der Waals surface area contributed by atoms with Crippen molar-refractivity contribution in [2.45, 2.75) is 63.8 Å². The molecule has 0 atom stereocenters. The summed E-state index contributed by atoms with van der Waals surface area (Å²) in [6, 6.07) is 0. The molecule has 1 saturated heterocycles. The highest BCUT2D eigenvalue weighted by atomic mass is 15.2. The highest BCUT2D eigenvalue weighted by molar-refractivity contribution is 5.04. The first-order valence-electron chi connectivity index (χ1n) is 6.12. The smallest absolute Gasteiger partial charge is 0.0211 e. The largest absolute Gasteiger partial charge is 0.298 e. The number of likely N-dealkylation sites (tertiary alicyclic amines) is 1. The van der Waals surface area contributed by atoms with Gasteiger partial charge < -0.3 is 0 Å². The SMILES string of the molecule is CCCCCC1(N2CCCC2)CC1. The van der Waals surface area contributed by atoms with Crippen LogP contribution >= 0.6 is 0 Å². The van der Waals surface area contributed by atoms with E-state index in [1.165, 1.54) is 64.5 Å². The molecule has 0 spiro atoms. The van der Waals surface area contributed by atoms with Crippen molar-refractivity contribution in [2.24, 2.45) is 0 Å². The van der Waals surface area contributed by atoms with Gasteiger partial charge in [0.15, 0.2) is 0 Å². The van der Waals surface area contributed by atoms with Crippen LogP contribution in [-0.2, 0) is 0 Å². The van der Waals surface area contributed by atoms with E-state index in [-0.39, 0.29) is 0 Å². The van der Waals surface area contributed by atoms with Crippen LogP contribution < -0.4 is 0 Å². The first kappa shape index (κ1) is 9.51. The number of rotatable bonds is 5. The number of hydrogen-bond acceptors (Lipinski definition) is 1. The van der Waals surface area contributed by atoms with E-state index in [4.69, 9.17) is 0 Å². The maximum atomic E-state index is 2.78. The molecule has 2 fully saturated rings. The van der Waals surface area contributed by atoms with Gasteiger partial charge in [-0.15, -0.1) is 0 Å². The van der Waals surface area contributed by atoms with Crippen LogP contribution in [0.3, 0.4) is 0 Å². The van der Waals surface area contributed by atoms with Gasteiger partial charge in [0.25, 0.3) is 0 Å². The van der Waals surface area contributed by atoms with Gasteiger partial charge in [0, 0.05) is 5.54 Å². The Bertz CT molecular complexity index is 155. The third-order valence-corrected chi connectivity index (χ3v) is 3.85. The van der Waals surface area contributed by atoms with Gasteiger partial charge in [-0.3, -0.25) is 4.90 Å². The molecule has 1 aliphatic heterocycles. The van der Waals surface area contributed by atoms with Crippen LogP contribution in [0.2, 0.25) is 0 Å². The summed E-state index contributed by atoms with van der Waals surface area (Å²) in [4.78, 5) is 2.78. The van der Waals surface area contributed by atoms with Crippen LogP contribution in [-0.4, -0.2) is 23.5 Å². The Morgan fingerprint density at radius 1 is 1.08 bits per heavy atom. The van der Waals surface area contributed by atoms with Crippen molar-refractivity contribution in [3.8, 4) is 0 Å². The summed E-state index contributed by atoms with van der Waals surface area (Å²) in [5.74, 6) is 0. The molecule has 2 rings (SSSR count).